The lowest BCUT2D eigenvalue weighted by atomic mass is 10.1. The molecule has 0 aliphatic carbocycles. The molecule has 18 heavy (non-hydrogen) atoms. The molecule has 0 unspecified atom stereocenters. The molecule has 3 heteroatoms. The number of nitrogens with zero attached hydrogens (tertiary/aromatic N) is 1. The SMILES string of the molecule is CC(C)NCCCCCN1CCc2sccc2C1. The van der Waals surface area contributed by atoms with Crippen molar-refractivity contribution in [1.29, 1.82) is 0 Å². The van der Waals surface area contributed by atoms with Gasteiger partial charge in [0, 0.05) is 24.0 Å². The minimum absolute atomic E-state index is 0.629. The monoisotopic (exact) mass is 266 g/mol. The Kier molecular flexibility index (Phi) is 5.67. The minimum atomic E-state index is 0.629. The zero-order valence-corrected chi connectivity index (χ0v) is 12.6. The molecule has 1 aromatic rings. The molecule has 2 rings (SSSR count). The number of rotatable bonds is 7. The summed E-state index contributed by atoms with van der Waals surface area (Å²) >= 11 is 1.93. The van der Waals surface area contributed by atoms with Gasteiger partial charge in [-0.2, -0.15) is 0 Å². The fourth-order valence-electron chi connectivity index (χ4n) is 2.53. The van der Waals surface area contributed by atoms with E-state index in [-0.39, 0.29) is 0 Å². The van der Waals surface area contributed by atoms with Crippen LogP contribution in [0.25, 0.3) is 0 Å². The second-order valence-electron chi connectivity index (χ2n) is 5.56. The largest absolute Gasteiger partial charge is 0.315 e. The van der Waals surface area contributed by atoms with E-state index in [2.05, 4.69) is 35.5 Å². The van der Waals surface area contributed by atoms with Crippen molar-refractivity contribution in [3.63, 3.8) is 0 Å². The van der Waals surface area contributed by atoms with Crippen LogP contribution in [0.5, 0.6) is 0 Å². The third kappa shape index (κ3) is 4.38. The van der Waals surface area contributed by atoms with Gasteiger partial charge in [-0.3, -0.25) is 4.90 Å². The van der Waals surface area contributed by atoms with E-state index < -0.39 is 0 Å². The molecule has 0 fully saturated rings. The third-order valence-corrected chi connectivity index (χ3v) is 4.61. The molecule has 0 radical (unpaired) electrons. The molecule has 0 atom stereocenters. The van der Waals surface area contributed by atoms with Crippen LogP contribution in [-0.2, 0) is 13.0 Å². The van der Waals surface area contributed by atoms with E-state index in [1.807, 2.05) is 11.3 Å². The summed E-state index contributed by atoms with van der Waals surface area (Å²) in [6.45, 7) is 9.32. The van der Waals surface area contributed by atoms with E-state index in [0.29, 0.717) is 6.04 Å². The first-order valence-corrected chi connectivity index (χ1v) is 8.14. The van der Waals surface area contributed by atoms with Gasteiger partial charge in [-0.1, -0.05) is 20.3 Å². The summed E-state index contributed by atoms with van der Waals surface area (Å²) < 4.78 is 0. The van der Waals surface area contributed by atoms with Crippen molar-refractivity contribution in [2.45, 2.75) is 52.1 Å². The van der Waals surface area contributed by atoms with Gasteiger partial charge in [-0.15, -0.1) is 11.3 Å². The van der Waals surface area contributed by atoms with Crippen molar-refractivity contribution >= 4 is 11.3 Å². The van der Waals surface area contributed by atoms with Crippen molar-refractivity contribution in [2.75, 3.05) is 19.6 Å². The first kappa shape index (κ1) is 14.0. The van der Waals surface area contributed by atoms with Crippen LogP contribution in [0.3, 0.4) is 0 Å². The summed E-state index contributed by atoms with van der Waals surface area (Å²) in [7, 11) is 0. The lowest BCUT2D eigenvalue weighted by Crippen LogP contribution is -2.30. The summed E-state index contributed by atoms with van der Waals surface area (Å²) in [5.41, 5.74) is 1.58. The Balaban J connectivity index is 1.56. The van der Waals surface area contributed by atoms with Gasteiger partial charge in [0.1, 0.15) is 0 Å². The van der Waals surface area contributed by atoms with E-state index >= 15 is 0 Å². The fourth-order valence-corrected chi connectivity index (χ4v) is 3.42. The molecule has 2 heterocycles. The highest BCUT2D eigenvalue weighted by molar-refractivity contribution is 7.10. The molecular weight excluding hydrogens is 240 g/mol. The van der Waals surface area contributed by atoms with Crippen LogP contribution in [0, 0.1) is 0 Å². The Morgan fingerprint density at radius 1 is 1.33 bits per heavy atom. The molecule has 1 aliphatic rings. The summed E-state index contributed by atoms with van der Waals surface area (Å²) in [5, 5.41) is 5.72. The van der Waals surface area contributed by atoms with Gasteiger partial charge in [0.15, 0.2) is 0 Å². The number of hydrogen-bond donors (Lipinski definition) is 1. The van der Waals surface area contributed by atoms with Crippen molar-refractivity contribution in [1.82, 2.24) is 10.2 Å². The van der Waals surface area contributed by atoms with Crippen LogP contribution in [-0.4, -0.2) is 30.6 Å². The van der Waals surface area contributed by atoms with E-state index in [9.17, 15) is 0 Å². The van der Waals surface area contributed by atoms with Crippen molar-refractivity contribution in [2.24, 2.45) is 0 Å². The highest BCUT2D eigenvalue weighted by Gasteiger charge is 2.16. The Bertz CT molecular complexity index is 346. The molecule has 0 saturated heterocycles. The molecule has 0 spiro atoms. The Morgan fingerprint density at radius 2 is 2.22 bits per heavy atom. The molecule has 102 valence electrons. The topological polar surface area (TPSA) is 15.3 Å². The predicted molar refractivity (Wildman–Crippen MR) is 80.3 cm³/mol. The quantitative estimate of drug-likeness (QED) is 0.762. The molecule has 0 aromatic carbocycles. The third-order valence-electron chi connectivity index (χ3n) is 3.59. The van der Waals surface area contributed by atoms with Gasteiger partial charge in [0.2, 0.25) is 0 Å². The van der Waals surface area contributed by atoms with E-state index in [1.54, 1.807) is 10.4 Å². The second-order valence-corrected chi connectivity index (χ2v) is 6.57. The molecule has 1 aliphatic heterocycles. The maximum absolute atomic E-state index is 3.48. The number of unbranched alkanes of at least 4 members (excludes halogenated alkanes) is 2. The zero-order valence-electron chi connectivity index (χ0n) is 11.7. The molecule has 0 saturated carbocycles. The molecular formula is C15H26N2S. The van der Waals surface area contributed by atoms with Crippen molar-refractivity contribution in [3.8, 4) is 0 Å². The standard InChI is InChI=1S/C15H26N2S/c1-13(2)16-8-4-3-5-9-17-10-6-15-14(12-17)7-11-18-15/h7,11,13,16H,3-6,8-10,12H2,1-2H3. The van der Waals surface area contributed by atoms with Gasteiger partial charge in [0.25, 0.3) is 0 Å². The Hall–Kier alpha value is -0.380. The first-order valence-electron chi connectivity index (χ1n) is 7.26. The summed E-state index contributed by atoms with van der Waals surface area (Å²) in [5.74, 6) is 0. The van der Waals surface area contributed by atoms with Crippen LogP contribution in [0.1, 0.15) is 43.6 Å². The van der Waals surface area contributed by atoms with Crippen LogP contribution < -0.4 is 5.32 Å². The molecule has 0 amide bonds. The summed E-state index contributed by atoms with van der Waals surface area (Å²) in [6.07, 6.45) is 5.28. The van der Waals surface area contributed by atoms with Crippen molar-refractivity contribution < 1.29 is 0 Å². The average Bonchev–Trinajstić information content (AvgIpc) is 2.80. The van der Waals surface area contributed by atoms with E-state index in [1.165, 1.54) is 51.9 Å². The smallest absolute Gasteiger partial charge is 0.0244 e. The number of fused-ring (bicyclic) bond motifs is 1. The summed E-state index contributed by atoms with van der Waals surface area (Å²) in [6, 6.07) is 2.93. The Morgan fingerprint density at radius 3 is 3.06 bits per heavy atom. The highest BCUT2D eigenvalue weighted by Crippen LogP contribution is 2.24. The van der Waals surface area contributed by atoms with Crippen molar-refractivity contribution in [3.05, 3.63) is 21.9 Å². The van der Waals surface area contributed by atoms with E-state index in [4.69, 9.17) is 0 Å². The van der Waals surface area contributed by atoms with Crippen LogP contribution in [0.4, 0.5) is 0 Å². The van der Waals surface area contributed by atoms with Gasteiger partial charge in [-0.05, 0) is 49.4 Å². The van der Waals surface area contributed by atoms with Crippen LogP contribution in [0.2, 0.25) is 0 Å². The maximum atomic E-state index is 3.48. The number of thiophene rings is 1. The lowest BCUT2D eigenvalue weighted by molar-refractivity contribution is 0.250. The molecule has 1 aromatic heterocycles. The van der Waals surface area contributed by atoms with Gasteiger partial charge in [0.05, 0.1) is 0 Å². The molecule has 2 nitrogen and oxygen atoms in total. The first-order chi connectivity index (χ1) is 8.75. The lowest BCUT2D eigenvalue weighted by Gasteiger charge is -2.26. The average molecular weight is 266 g/mol. The predicted octanol–water partition coefficient (Wildman–Crippen LogP) is 3.27. The van der Waals surface area contributed by atoms with Gasteiger partial charge in [-0.25, -0.2) is 0 Å². The zero-order chi connectivity index (χ0) is 12.8. The minimum Gasteiger partial charge on any atom is -0.315 e. The van der Waals surface area contributed by atoms with E-state index in [0.717, 1.165) is 0 Å². The highest BCUT2D eigenvalue weighted by atomic mass is 32.1. The number of hydrogen-bond acceptors (Lipinski definition) is 3. The van der Waals surface area contributed by atoms with Gasteiger partial charge >= 0.3 is 0 Å². The molecule has 1 N–H and O–H groups in total. The second kappa shape index (κ2) is 7.27. The normalized spacial score (nSPS) is 16.2. The summed E-state index contributed by atoms with van der Waals surface area (Å²) in [4.78, 5) is 4.23. The van der Waals surface area contributed by atoms with Gasteiger partial charge < -0.3 is 5.32 Å². The fraction of sp³-hybridized carbons (Fsp3) is 0.733. The maximum Gasteiger partial charge on any atom is 0.0244 e. The van der Waals surface area contributed by atoms with Crippen LogP contribution >= 0.6 is 11.3 Å². The molecule has 0 bridgehead atoms. The Labute approximate surface area is 115 Å². The number of nitrogens with one attached hydrogen (secondary N) is 1. The van der Waals surface area contributed by atoms with Crippen LogP contribution in [0.15, 0.2) is 11.4 Å².